The summed E-state index contributed by atoms with van der Waals surface area (Å²) in [5, 5.41) is 15.5. The first kappa shape index (κ1) is 13.4. The van der Waals surface area contributed by atoms with Crippen molar-refractivity contribution in [3.05, 3.63) is 5.01 Å². The van der Waals surface area contributed by atoms with Gasteiger partial charge in [0.2, 0.25) is 11.0 Å². The zero-order valence-electron chi connectivity index (χ0n) is 10.9. The number of rotatable bonds is 4. The van der Waals surface area contributed by atoms with Crippen LogP contribution in [0, 0.1) is 18.8 Å². The lowest BCUT2D eigenvalue weighted by atomic mass is 9.85. The first-order chi connectivity index (χ1) is 8.65. The van der Waals surface area contributed by atoms with Crippen LogP contribution in [-0.4, -0.2) is 29.2 Å². The number of anilines is 1. The van der Waals surface area contributed by atoms with E-state index < -0.39 is 0 Å². The number of hydrogen-bond donors (Lipinski definition) is 2. The van der Waals surface area contributed by atoms with Crippen molar-refractivity contribution in [3.8, 4) is 0 Å². The van der Waals surface area contributed by atoms with E-state index in [4.69, 9.17) is 0 Å². The molecule has 2 atom stereocenters. The van der Waals surface area contributed by atoms with E-state index >= 15 is 0 Å². The summed E-state index contributed by atoms with van der Waals surface area (Å²) >= 11 is 1.41. The Kier molecular flexibility index (Phi) is 4.66. The zero-order chi connectivity index (χ0) is 13.0. The highest BCUT2D eigenvalue weighted by atomic mass is 32.1. The second kappa shape index (κ2) is 6.24. The number of carbonyl (C=O) groups excluding carboxylic acids is 1. The van der Waals surface area contributed by atoms with E-state index in [2.05, 4.69) is 27.8 Å². The van der Waals surface area contributed by atoms with Crippen LogP contribution >= 0.6 is 11.3 Å². The molecule has 1 aromatic rings. The third-order valence-corrected chi connectivity index (χ3v) is 4.17. The van der Waals surface area contributed by atoms with E-state index in [1.165, 1.54) is 24.2 Å². The summed E-state index contributed by atoms with van der Waals surface area (Å²) in [4.78, 5) is 11.9. The fraction of sp³-hybridized carbons (Fsp3) is 0.750. The van der Waals surface area contributed by atoms with Crippen molar-refractivity contribution in [1.29, 1.82) is 0 Å². The van der Waals surface area contributed by atoms with Crippen molar-refractivity contribution in [2.75, 3.05) is 18.4 Å². The van der Waals surface area contributed by atoms with E-state index in [0.717, 1.165) is 18.1 Å². The minimum Gasteiger partial charge on any atom is -0.316 e. The summed E-state index contributed by atoms with van der Waals surface area (Å²) in [6, 6.07) is 0. The van der Waals surface area contributed by atoms with Crippen LogP contribution in [0.5, 0.6) is 0 Å². The van der Waals surface area contributed by atoms with Crippen molar-refractivity contribution >= 4 is 22.4 Å². The van der Waals surface area contributed by atoms with Gasteiger partial charge >= 0.3 is 0 Å². The molecule has 1 fully saturated rings. The van der Waals surface area contributed by atoms with Crippen LogP contribution < -0.4 is 10.6 Å². The van der Waals surface area contributed by atoms with Crippen molar-refractivity contribution in [2.45, 2.75) is 33.1 Å². The molecule has 0 spiro atoms. The van der Waals surface area contributed by atoms with Crippen LogP contribution in [-0.2, 0) is 4.79 Å². The van der Waals surface area contributed by atoms with Crippen molar-refractivity contribution in [1.82, 2.24) is 15.5 Å². The maximum atomic E-state index is 11.9. The molecular formula is C12H20N4OS. The maximum absolute atomic E-state index is 11.9. The smallest absolute Gasteiger partial charge is 0.226 e. The second-order valence-electron chi connectivity index (χ2n) is 4.96. The number of nitrogens with one attached hydrogen (secondary N) is 2. The number of aromatic nitrogens is 2. The van der Waals surface area contributed by atoms with Crippen LogP contribution in [0.3, 0.4) is 0 Å². The lowest BCUT2D eigenvalue weighted by Gasteiger charge is -2.27. The van der Waals surface area contributed by atoms with Crippen molar-refractivity contribution in [3.63, 3.8) is 0 Å². The van der Waals surface area contributed by atoms with E-state index in [9.17, 15) is 4.79 Å². The average molecular weight is 268 g/mol. The molecule has 2 unspecified atom stereocenters. The normalized spacial score (nSPS) is 21.6. The fourth-order valence-electron chi connectivity index (χ4n) is 2.34. The largest absolute Gasteiger partial charge is 0.316 e. The molecule has 1 amide bonds. The molecule has 0 saturated carbocycles. The Balaban J connectivity index is 1.79. The third kappa shape index (κ3) is 3.74. The van der Waals surface area contributed by atoms with Crippen molar-refractivity contribution < 1.29 is 4.79 Å². The molecule has 6 heteroatoms. The molecule has 1 saturated heterocycles. The van der Waals surface area contributed by atoms with Gasteiger partial charge in [-0.25, -0.2) is 0 Å². The van der Waals surface area contributed by atoms with E-state index in [1.54, 1.807) is 0 Å². The van der Waals surface area contributed by atoms with Crippen LogP contribution in [0.15, 0.2) is 0 Å². The Labute approximate surface area is 111 Å². The fourth-order valence-corrected chi connectivity index (χ4v) is 2.95. The van der Waals surface area contributed by atoms with Gasteiger partial charge in [-0.15, -0.1) is 10.2 Å². The average Bonchev–Trinajstić information content (AvgIpc) is 2.75. The summed E-state index contributed by atoms with van der Waals surface area (Å²) < 4.78 is 0. The molecule has 0 aliphatic carbocycles. The molecule has 2 heterocycles. The second-order valence-corrected chi connectivity index (χ2v) is 6.14. The monoisotopic (exact) mass is 268 g/mol. The lowest BCUT2D eigenvalue weighted by Crippen LogP contribution is -2.34. The van der Waals surface area contributed by atoms with E-state index in [-0.39, 0.29) is 5.91 Å². The molecule has 0 aromatic carbocycles. The molecule has 2 N–H and O–H groups in total. The van der Waals surface area contributed by atoms with Gasteiger partial charge in [-0.2, -0.15) is 0 Å². The minimum absolute atomic E-state index is 0.0456. The number of piperidine rings is 1. The van der Waals surface area contributed by atoms with E-state index in [1.807, 2.05) is 6.92 Å². The van der Waals surface area contributed by atoms with Gasteiger partial charge in [0.1, 0.15) is 5.01 Å². The summed E-state index contributed by atoms with van der Waals surface area (Å²) in [7, 11) is 0. The quantitative estimate of drug-likeness (QED) is 0.874. The molecule has 0 bridgehead atoms. The summed E-state index contributed by atoms with van der Waals surface area (Å²) in [5.74, 6) is 1.07. The minimum atomic E-state index is 0.0456. The van der Waals surface area contributed by atoms with Gasteiger partial charge in [0.25, 0.3) is 0 Å². The van der Waals surface area contributed by atoms with Crippen molar-refractivity contribution in [2.24, 2.45) is 11.8 Å². The Morgan fingerprint density at radius 1 is 1.61 bits per heavy atom. The van der Waals surface area contributed by atoms with Gasteiger partial charge in [0.15, 0.2) is 0 Å². The molecule has 18 heavy (non-hydrogen) atoms. The highest BCUT2D eigenvalue weighted by Crippen LogP contribution is 2.23. The number of amides is 1. The van der Waals surface area contributed by atoms with E-state index in [0.29, 0.717) is 23.4 Å². The van der Waals surface area contributed by atoms with Gasteiger partial charge in [-0.3, -0.25) is 4.79 Å². The Hall–Kier alpha value is -1.01. The molecule has 2 rings (SSSR count). The highest BCUT2D eigenvalue weighted by molar-refractivity contribution is 7.15. The Bertz CT molecular complexity index is 401. The number of hydrogen-bond acceptors (Lipinski definition) is 5. The number of aryl methyl sites for hydroxylation is 1. The first-order valence-electron chi connectivity index (χ1n) is 6.46. The summed E-state index contributed by atoms with van der Waals surface area (Å²) in [6.07, 6.45) is 3.00. The zero-order valence-corrected chi connectivity index (χ0v) is 11.7. The highest BCUT2D eigenvalue weighted by Gasteiger charge is 2.22. The summed E-state index contributed by atoms with van der Waals surface area (Å²) in [5.41, 5.74) is 0. The molecule has 5 nitrogen and oxygen atoms in total. The van der Waals surface area contributed by atoms with Gasteiger partial charge in [0, 0.05) is 6.42 Å². The summed E-state index contributed by atoms with van der Waals surface area (Å²) in [6.45, 7) is 6.18. The van der Waals surface area contributed by atoms with Crippen LogP contribution in [0.2, 0.25) is 0 Å². The lowest BCUT2D eigenvalue weighted by molar-refractivity contribution is -0.117. The topological polar surface area (TPSA) is 66.9 Å². The van der Waals surface area contributed by atoms with Gasteiger partial charge in [-0.05, 0) is 44.7 Å². The van der Waals surface area contributed by atoms with Crippen LogP contribution in [0.4, 0.5) is 5.13 Å². The molecule has 100 valence electrons. The molecule has 1 aromatic heterocycles. The predicted octanol–water partition coefficient (Wildman–Crippen LogP) is 1.81. The van der Waals surface area contributed by atoms with Crippen LogP contribution in [0.1, 0.15) is 31.2 Å². The Morgan fingerprint density at radius 3 is 3.06 bits per heavy atom. The van der Waals surface area contributed by atoms with Gasteiger partial charge in [0.05, 0.1) is 0 Å². The molecule has 0 radical (unpaired) electrons. The van der Waals surface area contributed by atoms with Gasteiger partial charge < -0.3 is 10.6 Å². The Morgan fingerprint density at radius 2 is 2.44 bits per heavy atom. The molecule has 1 aliphatic rings. The molecular weight excluding hydrogens is 248 g/mol. The first-order valence-corrected chi connectivity index (χ1v) is 7.27. The standard InChI is InChI=1S/C12H20N4OS/c1-8(10-4-3-5-13-7-10)6-11(17)14-12-16-15-9(2)18-12/h8,10,13H,3-7H2,1-2H3,(H,14,16,17). The SMILES string of the molecule is Cc1nnc(NC(=O)CC(C)C2CCCNC2)s1. The molecule has 1 aliphatic heterocycles. The van der Waals surface area contributed by atoms with Crippen LogP contribution in [0.25, 0.3) is 0 Å². The number of nitrogens with zero attached hydrogens (tertiary/aromatic N) is 2. The van der Waals surface area contributed by atoms with Gasteiger partial charge in [-0.1, -0.05) is 18.3 Å². The predicted molar refractivity (Wildman–Crippen MR) is 72.7 cm³/mol. The number of carbonyl (C=O) groups is 1. The maximum Gasteiger partial charge on any atom is 0.226 e. The third-order valence-electron chi connectivity index (χ3n) is 3.42.